The van der Waals surface area contributed by atoms with Gasteiger partial charge in [-0.25, -0.2) is 4.98 Å². The number of nitrogens with two attached hydrogens (primary N) is 1. The van der Waals surface area contributed by atoms with Crippen molar-refractivity contribution in [1.82, 2.24) is 14.5 Å². The Balaban J connectivity index is 1.33. The summed E-state index contributed by atoms with van der Waals surface area (Å²) in [6.07, 6.45) is 9.08. The molecule has 142 valence electrons. The van der Waals surface area contributed by atoms with Gasteiger partial charge in [0.2, 0.25) is 5.91 Å². The minimum atomic E-state index is -0.343. The van der Waals surface area contributed by atoms with Crippen LogP contribution >= 0.6 is 0 Å². The number of carbonyl (C=O) groups is 1. The van der Waals surface area contributed by atoms with E-state index < -0.39 is 0 Å². The molecule has 0 unspecified atom stereocenters. The highest BCUT2D eigenvalue weighted by Gasteiger charge is 2.08. The van der Waals surface area contributed by atoms with Gasteiger partial charge in [0.15, 0.2) is 0 Å². The zero-order chi connectivity index (χ0) is 19.3. The van der Waals surface area contributed by atoms with Crippen LogP contribution in [0.1, 0.15) is 41.6 Å². The second kappa shape index (κ2) is 8.21. The van der Waals surface area contributed by atoms with E-state index in [2.05, 4.69) is 20.6 Å². The molecule has 0 saturated heterocycles. The number of amides is 1. The highest BCUT2D eigenvalue weighted by molar-refractivity contribution is 6.01. The third-order valence-corrected chi connectivity index (χ3v) is 5.23. The zero-order valence-corrected chi connectivity index (χ0v) is 15.8. The van der Waals surface area contributed by atoms with Crippen molar-refractivity contribution in [3.05, 3.63) is 72.2 Å². The number of rotatable bonds is 8. The fraction of sp³-hybridized carbons (Fsp3) is 0.261. The van der Waals surface area contributed by atoms with Gasteiger partial charge in [-0.05, 0) is 37.0 Å². The molecule has 2 N–H and O–H groups in total. The fourth-order valence-electron chi connectivity index (χ4n) is 3.80. The molecule has 0 spiro atoms. The Bertz CT molecular complexity index is 1120. The van der Waals surface area contributed by atoms with E-state index in [0.29, 0.717) is 5.56 Å². The van der Waals surface area contributed by atoms with Crippen LogP contribution in [0.25, 0.3) is 21.9 Å². The van der Waals surface area contributed by atoms with E-state index in [1.54, 1.807) is 6.07 Å². The van der Waals surface area contributed by atoms with E-state index in [4.69, 9.17) is 5.73 Å². The Hall–Kier alpha value is -3.21. The molecule has 5 heteroatoms. The quantitative estimate of drug-likeness (QED) is 0.463. The van der Waals surface area contributed by atoms with Gasteiger partial charge in [-0.3, -0.25) is 9.78 Å². The molecule has 0 fully saturated rings. The Morgan fingerprint density at radius 2 is 1.68 bits per heavy atom. The molecule has 0 saturated carbocycles. The zero-order valence-electron chi connectivity index (χ0n) is 15.8. The summed E-state index contributed by atoms with van der Waals surface area (Å²) >= 11 is 0. The normalized spacial score (nSPS) is 11.3. The summed E-state index contributed by atoms with van der Waals surface area (Å²) in [7, 11) is 0. The summed E-state index contributed by atoms with van der Waals surface area (Å²) in [6, 6.07) is 15.8. The van der Waals surface area contributed by atoms with Gasteiger partial charge in [0, 0.05) is 17.5 Å². The maximum Gasteiger partial charge on any atom is 0.248 e. The van der Waals surface area contributed by atoms with Crippen molar-refractivity contribution < 1.29 is 4.79 Å². The van der Waals surface area contributed by atoms with Crippen molar-refractivity contribution in [1.29, 1.82) is 0 Å². The molecule has 0 atom stereocenters. The van der Waals surface area contributed by atoms with E-state index in [1.165, 1.54) is 5.52 Å². The molecular weight excluding hydrogens is 348 g/mol. The number of nitrogens with zero attached hydrogens (tertiary/aromatic N) is 3. The molecular formula is C23H24N4O. The first kappa shape index (κ1) is 18.2. The van der Waals surface area contributed by atoms with E-state index in [-0.39, 0.29) is 5.91 Å². The largest absolute Gasteiger partial charge is 0.366 e. The second-order valence-corrected chi connectivity index (χ2v) is 7.13. The first-order chi connectivity index (χ1) is 13.7. The number of hydrogen-bond acceptors (Lipinski definition) is 3. The van der Waals surface area contributed by atoms with Crippen molar-refractivity contribution in [2.24, 2.45) is 5.73 Å². The van der Waals surface area contributed by atoms with Crippen LogP contribution in [0, 0.1) is 0 Å². The molecule has 0 aliphatic rings. The first-order valence-electron chi connectivity index (χ1n) is 9.80. The van der Waals surface area contributed by atoms with Crippen LogP contribution in [0.2, 0.25) is 0 Å². The van der Waals surface area contributed by atoms with Crippen molar-refractivity contribution in [3.63, 3.8) is 0 Å². The lowest BCUT2D eigenvalue weighted by atomic mass is 10.0. The fourth-order valence-corrected chi connectivity index (χ4v) is 3.80. The Kier molecular flexibility index (Phi) is 5.33. The lowest BCUT2D eigenvalue weighted by Gasteiger charge is -2.08. The third kappa shape index (κ3) is 3.74. The average molecular weight is 372 g/mol. The Morgan fingerprint density at radius 1 is 0.893 bits per heavy atom. The Labute approximate surface area is 164 Å². The number of pyridine rings is 1. The molecule has 4 rings (SSSR count). The second-order valence-electron chi connectivity index (χ2n) is 7.13. The summed E-state index contributed by atoms with van der Waals surface area (Å²) in [5, 5.41) is 1.15. The summed E-state index contributed by atoms with van der Waals surface area (Å²) < 4.78 is 2.24. The maximum absolute atomic E-state index is 11.5. The molecule has 0 aliphatic heterocycles. The van der Waals surface area contributed by atoms with Crippen molar-refractivity contribution in [3.8, 4) is 0 Å². The number of fused-ring (bicyclic) bond motifs is 3. The summed E-state index contributed by atoms with van der Waals surface area (Å²) in [5.41, 5.74) is 10.3. The van der Waals surface area contributed by atoms with Gasteiger partial charge in [-0.15, -0.1) is 0 Å². The van der Waals surface area contributed by atoms with Gasteiger partial charge in [0.05, 0.1) is 23.6 Å². The molecule has 28 heavy (non-hydrogen) atoms. The average Bonchev–Trinajstić information content (AvgIpc) is 3.14. The van der Waals surface area contributed by atoms with E-state index in [9.17, 15) is 4.79 Å². The van der Waals surface area contributed by atoms with E-state index >= 15 is 0 Å². The maximum atomic E-state index is 11.5. The van der Waals surface area contributed by atoms with Crippen molar-refractivity contribution >= 4 is 27.8 Å². The van der Waals surface area contributed by atoms with Crippen molar-refractivity contribution in [2.75, 3.05) is 0 Å². The van der Waals surface area contributed by atoms with Gasteiger partial charge in [0.1, 0.15) is 5.52 Å². The molecule has 4 aromatic rings. The lowest BCUT2D eigenvalue weighted by molar-refractivity contribution is 0.0999. The molecule has 0 aliphatic carbocycles. The highest BCUT2D eigenvalue weighted by atomic mass is 16.1. The number of imidazole rings is 1. The SMILES string of the molecule is NC(=O)c1ccccc1CCCCCCn1cnc2cnc3ccccc3c21. The highest BCUT2D eigenvalue weighted by Crippen LogP contribution is 2.23. The monoisotopic (exact) mass is 372 g/mol. The number of carbonyl (C=O) groups excluding carboxylic acids is 1. The minimum absolute atomic E-state index is 0.343. The molecule has 5 nitrogen and oxygen atoms in total. The van der Waals surface area contributed by atoms with Crippen LogP contribution in [0.4, 0.5) is 0 Å². The van der Waals surface area contributed by atoms with Gasteiger partial charge in [-0.1, -0.05) is 49.2 Å². The smallest absolute Gasteiger partial charge is 0.248 e. The number of primary amides is 1. The number of aryl methyl sites for hydroxylation is 2. The predicted octanol–water partition coefficient (Wildman–Crippen LogP) is 4.49. The van der Waals surface area contributed by atoms with Gasteiger partial charge in [-0.2, -0.15) is 0 Å². The van der Waals surface area contributed by atoms with E-state index in [0.717, 1.165) is 60.6 Å². The topological polar surface area (TPSA) is 73.8 Å². The predicted molar refractivity (Wildman–Crippen MR) is 112 cm³/mol. The van der Waals surface area contributed by atoms with Gasteiger partial charge in [0.25, 0.3) is 0 Å². The first-order valence-corrected chi connectivity index (χ1v) is 9.80. The molecule has 2 heterocycles. The number of benzene rings is 2. The van der Waals surface area contributed by atoms with Crippen LogP contribution in [0.3, 0.4) is 0 Å². The molecule has 2 aromatic carbocycles. The van der Waals surface area contributed by atoms with Gasteiger partial charge >= 0.3 is 0 Å². The molecule has 0 bridgehead atoms. The standard InChI is InChI=1S/C23H24N4O/c24-23(28)18-11-5-4-10-17(18)9-3-1-2-8-14-27-16-26-21-15-25-20-13-7-6-12-19(20)22(21)27/h4-7,10-13,15-16H,1-3,8-9,14H2,(H2,24,28). The molecule has 2 aromatic heterocycles. The van der Waals surface area contributed by atoms with Crippen LogP contribution in [-0.4, -0.2) is 20.4 Å². The lowest BCUT2D eigenvalue weighted by Crippen LogP contribution is -2.13. The van der Waals surface area contributed by atoms with Crippen LogP contribution in [0.5, 0.6) is 0 Å². The molecule has 0 radical (unpaired) electrons. The van der Waals surface area contributed by atoms with Gasteiger partial charge < -0.3 is 10.3 Å². The number of para-hydroxylation sites is 1. The van der Waals surface area contributed by atoms with Crippen molar-refractivity contribution in [2.45, 2.75) is 38.6 Å². The van der Waals surface area contributed by atoms with Crippen LogP contribution < -0.4 is 5.73 Å². The summed E-state index contributed by atoms with van der Waals surface area (Å²) in [6.45, 7) is 0.947. The molecule has 1 amide bonds. The third-order valence-electron chi connectivity index (χ3n) is 5.23. The summed E-state index contributed by atoms with van der Waals surface area (Å²) in [4.78, 5) is 20.5. The number of unbranched alkanes of at least 4 members (excludes halogenated alkanes) is 3. The van der Waals surface area contributed by atoms with E-state index in [1.807, 2.05) is 48.9 Å². The number of hydrogen-bond donors (Lipinski definition) is 1. The Morgan fingerprint density at radius 3 is 2.57 bits per heavy atom. The minimum Gasteiger partial charge on any atom is -0.366 e. The van der Waals surface area contributed by atoms with Crippen LogP contribution in [0.15, 0.2) is 61.1 Å². The summed E-state index contributed by atoms with van der Waals surface area (Å²) in [5.74, 6) is -0.343. The van der Waals surface area contributed by atoms with Crippen LogP contribution in [-0.2, 0) is 13.0 Å². The number of aromatic nitrogens is 3.